The number of thiazole rings is 1. The fourth-order valence-electron chi connectivity index (χ4n) is 1.66. The van der Waals surface area contributed by atoms with Gasteiger partial charge in [0.05, 0.1) is 21.6 Å². The molecule has 1 unspecified atom stereocenters. The fourth-order valence-corrected chi connectivity index (χ4v) is 2.93. The number of nitrogens with one attached hydrogen (secondary N) is 1. The molecule has 3 nitrogen and oxygen atoms in total. The molecule has 1 aliphatic carbocycles. The van der Waals surface area contributed by atoms with Gasteiger partial charge in [0.25, 0.3) is 0 Å². The van der Waals surface area contributed by atoms with Gasteiger partial charge in [-0.05, 0) is 42.1 Å². The summed E-state index contributed by atoms with van der Waals surface area (Å²) in [4.78, 5) is 4.29. The summed E-state index contributed by atoms with van der Waals surface area (Å²) in [5, 5.41) is 14.3. The van der Waals surface area contributed by atoms with Gasteiger partial charge in [0.15, 0.2) is 0 Å². The van der Waals surface area contributed by atoms with Crippen molar-refractivity contribution in [3.05, 3.63) is 15.0 Å². The van der Waals surface area contributed by atoms with Crippen LogP contribution >= 0.6 is 27.3 Å². The van der Waals surface area contributed by atoms with Crippen molar-refractivity contribution in [2.45, 2.75) is 37.8 Å². The summed E-state index contributed by atoms with van der Waals surface area (Å²) < 4.78 is 1.05. The molecule has 1 atom stereocenters. The molecule has 1 aromatic heterocycles. The molecule has 5 heteroatoms. The summed E-state index contributed by atoms with van der Waals surface area (Å²) in [6.07, 6.45) is 4.81. The van der Waals surface area contributed by atoms with Crippen molar-refractivity contribution in [3.63, 3.8) is 0 Å². The third kappa shape index (κ3) is 2.78. The topological polar surface area (TPSA) is 45.1 Å². The predicted molar refractivity (Wildman–Crippen MR) is 65.0 cm³/mol. The predicted octanol–water partition coefficient (Wildman–Crippen LogP) is 2.47. The zero-order valence-corrected chi connectivity index (χ0v) is 11.1. The van der Waals surface area contributed by atoms with Crippen molar-refractivity contribution < 1.29 is 5.11 Å². The van der Waals surface area contributed by atoms with Gasteiger partial charge in [-0.3, -0.25) is 0 Å². The first-order valence-electron chi connectivity index (χ1n) is 5.16. The van der Waals surface area contributed by atoms with E-state index in [1.54, 1.807) is 11.3 Å². The summed E-state index contributed by atoms with van der Waals surface area (Å²) in [5.41, 5.74) is -0.456. The van der Waals surface area contributed by atoms with Crippen LogP contribution < -0.4 is 5.32 Å². The van der Waals surface area contributed by atoms with Gasteiger partial charge in [-0.15, -0.1) is 11.3 Å². The van der Waals surface area contributed by atoms with E-state index in [0.717, 1.165) is 28.1 Å². The minimum atomic E-state index is -0.456. The Morgan fingerprint density at radius 3 is 2.93 bits per heavy atom. The molecule has 1 fully saturated rings. The van der Waals surface area contributed by atoms with Crippen LogP contribution in [0.4, 0.5) is 0 Å². The first kappa shape index (κ1) is 11.5. The Balaban J connectivity index is 1.84. The first-order chi connectivity index (χ1) is 7.09. The van der Waals surface area contributed by atoms with Gasteiger partial charge in [-0.1, -0.05) is 0 Å². The van der Waals surface area contributed by atoms with Crippen LogP contribution in [0.2, 0.25) is 0 Å². The smallest absolute Gasteiger partial charge is 0.110 e. The molecule has 1 heterocycles. The Labute approximate surface area is 102 Å². The molecule has 0 spiro atoms. The number of aromatic nitrogens is 1. The maximum Gasteiger partial charge on any atom is 0.110 e. The number of rotatable bonds is 4. The van der Waals surface area contributed by atoms with E-state index in [9.17, 15) is 5.11 Å². The molecule has 1 aromatic rings. The molecular formula is C10H15BrN2OS. The third-order valence-electron chi connectivity index (χ3n) is 2.89. The van der Waals surface area contributed by atoms with Gasteiger partial charge in [0.2, 0.25) is 0 Å². The van der Waals surface area contributed by atoms with Crippen LogP contribution in [0, 0.1) is 0 Å². The van der Waals surface area contributed by atoms with E-state index < -0.39 is 5.60 Å². The van der Waals surface area contributed by atoms with E-state index in [0.29, 0.717) is 6.54 Å². The Morgan fingerprint density at radius 1 is 1.73 bits per heavy atom. The molecule has 0 aliphatic heterocycles. The second-order valence-electron chi connectivity index (χ2n) is 4.18. The summed E-state index contributed by atoms with van der Waals surface area (Å²) in [5.74, 6) is 0. The molecule has 0 amide bonds. The van der Waals surface area contributed by atoms with Crippen molar-refractivity contribution in [2.24, 2.45) is 0 Å². The maximum atomic E-state index is 9.92. The minimum absolute atomic E-state index is 0.214. The summed E-state index contributed by atoms with van der Waals surface area (Å²) in [6, 6.07) is 0.214. The normalized spacial score (nSPS) is 21.0. The SMILES string of the molecule is CC(NCC1(O)CCC1)c1ncc(Br)s1. The van der Waals surface area contributed by atoms with Gasteiger partial charge < -0.3 is 10.4 Å². The highest BCUT2D eigenvalue weighted by Crippen LogP contribution is 2.31. The number of hydrogen-bond acceptors (Lipinski definition) is 4. The minimum Gasteiger partial charge on any atom is -0.389 e. The Hall–Kier alpha value is 0.0300. The van der Waals surface area contributed by atoms with E-state index >= 15 is 0 Å². The van der Waals surface area contributed by atoms with Crippen LogP contribution in [0.1, 0.15) is 37.2 Å². The number of aliphatic hydroxyl groups is 1. The van der Waals surface area contributed by atoms with E-state index in [1.807, 2.05) is 6.20 Å². The number of nitrogens with zero attached hydrogens (tertiary/aromatic N) is 1. The van der Waals surface area contributed by atoms with Crippen LogP contribution in [0.5, 0.6) is 0 Å². The van der Waals surface area contributed by atoms with Crippen LogP contribution in [0.15, 0.2) is 9.98 Å². The van der Waals surface area contributed by atoms with Crippen LogP contribution in [-0.4, -0.2) is 22.2 Å². The summed E-state index contributed by atoms with van der Waals surface area (Å²) in [7, 11) is 0. The van der Waals surface area contributed by atoms with Crippen LogP contribution in [0.3, 0.4) is 0 Å². The molecule has 84 valence electrons. The van der Waals surface area contributed by atoms with E-state index in [2.05, 4.69) is 33.2 Å². The lowest BCUT2D eigenvalue weighted by Crippen LogP contribution is -2.46. The van der Waals surface area contributed by atoms with E-state index in [1.165, 1.54) is 0 Å². The highest BCUT2D eigenvalue weighted by Gasteiger charge is 2.34. The Morgan fingerprint density at radius 2 is 2.47 bits per heavy atom. The van der Waals surface area contributed by atoms with Crippen molar-refractivity contribution in [1.29, 1.82) is 0 Å². The molecule has 0 saturated heterocycles. The van der Waals surface area contributed by atoms with Gasteiger partial charge >= 0.3 is 0 Å². The largest absolute Gasteiger partial charge is 0.389 e. The molecule has 1 saturated carbocycles. The molecule has 0 aromatic carbocycles. The third-order valence-corrected chi connectivity index (χ3v) is 4.55. The molecular weight excluding hydrogens is 276 g/mol. The van der Waals surface area contributed by atoms with Gasteiger partial charge in [0, 0.05) is 6.54 Å². The zero-order valence-electron chi connectivity index (χ0n) is 8.66. The standard InChI is InChI=1S/C10H15BrN2OS/c1-7(9-12-5-8(11)15-9)13-6-10(14)3-2-4-10/h5,7,13-14H,2-4,6H2,1H3. The second kappa shape index (κ2) is 4.49. The number of hydrogen-bond donors (Lipinski definition) is 2. The monoisotopic (exact) mass is 290 g/mol. The first-order valence-corrected chi connectivity index (χ1v) is 6.77. The van der Waals surface area contributed by atoms with Gasteiger partial charge in [-0.2, -0.15) is 0 Å². The Kier molecular flexibility index (Phi) is 3.45. The second-order valence-corrected chi connectivity index (χ2v) is 6.62. The van der Waals surface area contributed by atoms with Crippen LogP contribution in [-0.2, 0) is 0 Å². The molecule has 0 radical (unpaired) electrons. The fraction of sp³-hybridized carbons (Fsp3) is 0.700. The summed E-state index contributed by atoms with van der Waals surface area (Å²) in [6.45, 7) is 2.75. The van der Waals surface area contributed by atoms with Crippen molar-refractivity contribution in [2.75, 3.05) is 6.54 Å². The molecule has 15 heavy (non-hydrogen) atoms. The molecule has 2 rings (SSSR count). The average molecular weight is 291 g/mol. The molecule has 0 bridgehead atoms. The van der Waals surface area contributed by atoms with Gasteiger partial charge in [-0.25, -0.2) is 4.98 Å². The van der Waals surface area contributed by atoms with E-state index in [-0.39, 0.29) is 6.04 Å². The lowest BCUT2D eigenvalue weighted by atomic mass is 9.80. The van der Waals surface area contributed by atoms with Gasteiger partial charge in [0.1, 0.15) is 5.01 Å². The zero-order chi connectivity index (χ0) is 10.9. The lowest BCUT2D eigenvalue weighted by Gasteiger charge is -2.37. The molecule has 1 aliphatic rings. The van der Waals surface area contributed by atoms with Crippen molar-refractivity contribution >= 4 is 27.3 Å². The highest BCUT2D eigenvalue weighted by molar-refractivity contribution is 9.11. The lowest BCUT2D eigenvalue weighted by molar-refractivity contribution is -0.0329. The van der Waals surface area contributed by atoms with Crippen molar-refractivity contribution in [3.8, 4) is 0 Å². The van der Waals surface area contributed by atoms with E-state index in [4.69, 9.17) is 0 Å². The maximum absolute atomic E-state index is 9.92. The Bertz CT molecular complexity index is 338. The highest BCUT2D eigenvalue weighted by atomic mass is 79.9. The quantitative estimate of drug-likeness (QED) is 0.895. The number of halogens is 1. The van der Waals surface area contributed by atoms with Crippen molar-refractivity contribution in [1.82, 2.24) is 10.3 Å². The summed E-state index contributed by atoms with van der Waals surface area (Å²) >= 11 is 5.03. The molecule has 2 N–H and O–H groups in total. The average Bonchev–Trinajstić information content (AvgIpc) is 2.58. The van der Waals surface area contributed by atoms with Crippen LogP contribution in [0.25, 0.3) is 0 Å².